The average molecular weight is 410 g/mol. The molecule has 3 unspecified atom stereocenters. The van der Waals surface area contributed by atoms with Gasteiger partial charge in [0.2, 0.25) is 0 Å². The first-order chi connectivity index (χ1) is 13.2. The number of aryl methyl sites for hydroxylation is 1. The molecule has 0 radical (unpaired) electrons. The molecule has 28 heavy (non-hydrogen) atoms. The molecule has 1 fully saturated rings. The van der Waals surface area contributed by atoms with Crippen molar-refractivity contribution >= 4 is 29.7 Å². The van der Waals surface area contributed by atoms with Crippen LogP contribution in [-0.4, -0.2) is 48.3 Å². The van der Waals surface area contributed by atoms with Gasteiger partial charge in [0.1, 0.15) is 30.4 Å². The number of carbonyl (C=O) groups excluding carboxylic acids is 3. The van der Waals surface area contributed by atoms with Crippen molar-refractivity contribution in [3.8, 4) is 0 Å². The van der Waals surface area contributed by atoms with Crippen molar-refractivity contribution < 1.29 is 33.3 Å². The lowest BCUT2D eigenvalue weighted by molar-refractivity contribution is -0.212. The minimum Gasteiger partial charge on any atom is -0.463 e. The average Bonchev–Trinajstić information content (AvgIpc) is 2.58. The molecule has 1 heterocycles. The number of esters is 3. The van der Waals surface area contributed by atoms with E-state index in [1.807, 2.05) is 38.1 Å². The highest BCUT2D eigenvalue weighted by Gasteiger charge is 2.48. The molecule has 0 N–H and O–H groups in total. The summed E-state index contributed by atoms with van der Waals surface area (Å²) >= 11 is 1.41. The standard InChI is InChI=1S/C20H26O7S/c1-11-7-6-8-16(9-11)28-20-19(26-15(5)23)12(2)18(25-14(4)22)17(27-20)10-24-13(3)21/h6-9,12,17-20H,10H2,1-5H3/t12?,17?,18-,19?,20-/m1/s1. The van der Waals surface area contributed by atoms with Crippen LogP contribution < -0.4 is 0 Å². The van der Waals surface area contributed by atoms with Crippen LogP contribution in [0.15, 0.2) is 29.2 Å². The summed E-state index contributed by atoms with van der Waals surface area (Å²) in [6.07, 6.45) is -2.02. The summed E-state index contributed by atoms with van der Waals surface area (Å²) < 4.78 is 22.2. The van der Waals surface area contributed by atoms with Crippen LogP contribution in [0.4, 0.5) is 0 Å². The molecule has 0 aliphatic carbocycles. The van der Waals surface area contributed by atoms with Gasteiger partial charge in [-0.25, -0.2) is 0 Å². The minimum atomic E-state index is -0.712. The van der Waals surface area contributed by atoms with E-state index in [4.69, 9.17) is 18.9 Å². The molecule has 1 aliphatic heterocycles. The minimum absolute atomic E-state index is 0.0602. The van der Waals surface area contributed by atoms with Crippen molar-refractivity contribution in [2.24, 2.45) is 5.92 Å². The molecule has 7 nitrogen and oxygen atoms in total. The predicted molar refractivity (Wildman–Crippen MR) is 103 cm³/mol. The molecule has 0 saturated carbocycles. The summed E-state index contributed by atoms with van der Waals surface area (Å²) in [4.78, 5) is 35.5. The van der Waals surface area contributed by atoms with Crippen molar-refractivity contribution in [3.05, 3.63) is 29.8 Å². The third-order valence-electron chi connectivity index (χ3n) is 4.28. The fraction of sp³-hybridized carbons (Fsp3) is 0.550. The molecular formula is C20H26O7S. The zero-order chi connectivity index (χ0) is 20.8. The Labute approximate surface area is 169 Å². The van der Waals surface area contributed by atoms with E-state index in [0.717, 1.165) is 10.5 Å². The van der Waals surface area contributed by atoms with Gasteiger partial charge < -0.3 is 18.9 Å². The van der Waals surface area contributed by atoms with Crippen LogP contribution in [0.1, 0.15) is 33.3 Å². The van der Waals surface area contributed by atoms with Crippen molar-refractivity contribution in [1.82, 2.24) is 0 Å². The molecule has 1 aromatic carbocycles. The number of rotatable bonds is 6. The Kier molecular flexibility index (Phi) is 7.88. The predicted octanol–water partition coefficient (Wildman–Crippen LogP) is 2.87. The first-order valence-electron chi connectivity index (χ1n) is 9.04. The number of ether oxygens (including phenoxy) is 4. The third-order valence-corrected chi connectivity index (χ3v) is 5.41. The summed E-state index contributed by atoms with van der Waals surface area (Å²) in [5, 5.41) is 0. The Bertz CT molecular complexity index is 718. The highest BCUT2D eigenvalue weighted by atomic mass is 32.2. The van der Waals surface area contributed by atoms with E-state index in [1.54, 1.807) is 0 Å². The van der Waals surface area contributed by atoms with Crippen molar-refractivity contribution in [2.75, 3.05) is 6.61 Å². The summed E-state index contributed by atoms with van der Waals surface area (Å²) in [7, 11) is 0. The topological polar surface area (TPSA) is 88.1 Å². The second-order valence-corrected chi connectivity index (χ2v) is 7.96. The maximum Gasteiger partial charge on any atom is 0.303 e. The fourth-order valence-electron chi connectivity index (χ4n) is 3.08. The Balaban J connectivity index is 2.29. The molecule has 1 aliphatic rings. The Morgan fingerprint density at radius 3 is 2.25 bits per heavy atom. The van der Waals surface area contributed by atoms with Crippen molar-refractivity contribution in [2.45, 2.75) is 63.3 Å². The fourth-order valence-corrected chi connectivity index (χ4v) is 4.40. The molecule has 0 amide bonds. The Morgan fingerprint density at radius 2 is 1.68 bits per heavy atom. The van der Waals surface area contributed by atoms with E-state index in [0.29, 0.717) is 0 Å². The number of benzene rings is 1. The molecule has 8 heteroatoms. The molecule has 0 bridgehead atoms. The quantitative estimate of drug-likeness (QED) is 0.523. The van der Waals surface area contributed by atoms with E-state index in [-0.39, 0.29) is 12.5 Å². The van der Waals surface area contributed by atoms with Gasteiger partial charge in [0, 0.05) is 31.6 Å². The van der Waals surface area contributed by atoms with Crippen molar-refractivity contribution in [3.63, 3.8) is 0 Å². The van der Waals surface area contributed by atoms with Gasteiger partial charge in [0.25, 0.3) is 0 Å². The summed E-state index contributed by atoms with van der Waals surface area (Å²) in [5.41, 5.74) is 0.542. The van der Waals surface area contributed by atoms with E-state index in [1.165, 1.54) is 32.5 Å². The van der Waals surface area contributed by atoms with Crippen LogP contribution in [0.25, 0.3) is 0 Å². The molecule has 2 rings (SSSR count). The van der Waals surface area contributed by atoms with Crippen LogP contribution in [0, 0.1) is 12.8 Å². The maximum absolute atomic E-state index is 11.7. The van der Waals surface area contributed by atoms with E-state index in [9.17, 15) is 14.4 Å². The van der Waals surface area contributed by atoms with Gasteiger partial charge in [0.05, 0.1) is 0 Å². The molecule has 1 aromatic rings. The lowest BCUT2D eigenvalue weighted by Crippen LogP contribution is -2.56. The Hall–Kier alpha value is -2.06. The zero-order valence-electron chi connectivity index (χ0n) is 16.7. The summed E-state index contributed by atoms with van der Waals surface area (Å²) in [6, 6.07) is 7.86. The summed E-state index contributed by atoms with van der Waals surface area (Å²) in [5.74, 6) is -1.75. The van der Waals surface area contributed by atoms with Gasteiger partial charge in [-0.3, -0.25) is 14.4 Å². The van der Waals surface area contributed by atoms with Gasteiger partial charge in [-0.1, -0.05) is 36.4 Å². The largest absolute Gasteiger partial charge is 0.463 e. The van der Waals surface area contributed by atoms with E-state index >= 15 is 0 Å². The van der Waals surface area contributed by atoms with Gasteiger partial charge in [-0.05, 0) is 19.1 Å². The first-order valence-corrected chi connectivity index (χ1v) is 9.92. The number of hydrogen-bond acceptors (Lipinski definition) is 8. The number of thioether (sulfide) groups is 1. The molecule has 0 spiro atoms. The second kappa shape index (κ2) is 9.93. The monoisotopic (exact) mass is 410 g/mol. The third kappa shape index (κ3) is 6.24. The zero-order valence-corrected chi connectivity index (χ0v) is 17.5. The van der Waals surface area contributed by atoms with Crippen LogP contribution in [0.5, 0.6) is 0 Å². The lowest BCUT2D eigenvalue weighted by Gasteiger charge is -2.43. The highest BCUT2D eigenvalue weighted by Crippen LogP contribution is 2.39. The second-order valence-electron chi connectivity index (χ2n) is 6.79. The van der Waals surface area contributed by atoms with Crippen LogP contribution >= 0.6 is 11.8 Å². The smallest absolute Gasteiger partial charge is 0.303 e. The van der Waals surface area contributed by atoms with Crippen LogP contribution in [0.3, 0.4) is 0 Å². The molecule has 154 valence electrons. The van der Waals surface area contributed by atoms with E-state index < -0.39 is 41.7 Å². The van der Waals surface area contributed by atoms with Gasteiger partial charge in [-0.15, -0.1) is 0 Å². The molecule has 5 atom stereocenters. The van der Waals surface area contributed by atoms with Gasteiger partial charge >= 0.3 is 17.9 Å². The highest BCUT2D eigenvalue weighted by molar-refractivity contribution is 7.99. The SMILES string of the molecule is CC(=O)OCC1O[C@H](Sc2cccc(C)c2)C(OC(C)=O)C(C)[C@H]1OC(C)=O. The van der Waals surface area contributed by atoms with Crippen LogP contribution in [-0.2, 0) is 33.3 Å². The molecule has 1 saturated heterocycles. The van der Waals surface area contributed by atoms with Gasteiger partial charge in [0.15, 0.2) is 0 Å². The first kappa shape index (κ1) is 22.2. The normalized spacial score (nSPS) is 27.0. The maximum atomic E-state index is 11.7. The number of hydrogen-bond donors (Lipinski definition) is 0. The lowest BCUT2D eigenvalue weighted by atomic mass is 9.91. The van der Waals surface area contributed by atoms with Crippen LogP contribution in [0.2, 0.25) is 0 Å². The summed E-state index contributed by atoms with van der Waals surface area (Å²) in [6.45, 7) is 7.67. The number of carbonyl (C=O) groups is 3. The molecular weight excluding hydrogens is 384 g/mol. The Morgan fingerprint density at radius 1 is 1.04 bits per heavy atom. The van der Waals surface area contributed by atoms with Crippen molar-refractivity contribution in [1.29, 1.82) is 0 Å². The van der Waals surface area contributed by atoms with E-state index in [2.05, 4.69) is 0 Å². The van der Waals surface area contributed by atoms with Gasteiger partial charge in [-0.2, -0.15) is 0 Å². The molecule has 0 aromatic heterocycles.